The number of nitrogens with zero attached hydrogens (tertiary/aromatic N) is 1. The van der Waals surface area contributed by atoms with Gasteiger partial charge in [-0.1, -0.05) is 19.1 Å². The van der Waals surface area contributed by atoms with Crippen molar-refractivity contribution in [1.29, 1.82) is 0 Å². The van der Waals surface area contributed by atoms with Crippen molar-refractivity contribution in [3.63, 3.8) is 0 Å². The fourth-order valence-corrected chi connectivity index (χ4v) is 2.35. The van der Waals surface area contributed by atoms with Crippen molar-refractivity contribution in [2.45, 2.75) is 32.2 Å². The topological polar surface area (TPSA) is 38.5 Å². The van der Waals surface area contributed by atoms with E-state index in [2.05, 4.69) is 24.0 Å². The van der Waals surface area contributed by atoms with E-state index in [0.717, 1.165) is 25.3 Å². The Balaban J connectivity index is 1.75. The van der Waals surface area contributed by atoms with Gasteiger partial charge in [0, 0.05) is 12.6 Å². The third-order valence-corrected chi connectivity index (χ3v) is 3.62. The fourth-order valence-electron chi connectivity index (χ4n) is 2.35. The van der Waals surface area contributed by atoms with Crippen LogP contribution in [0.15, 0.2) is 24.3 Å². The molecule has 2 rings (SSSR count). The number of likely N-dealkylation sites (tertiary alicyclic amines) is 1. The average Bonchev–Trinajstić information content (AvgIpc) is 2.92. The Morgan fingerprint density at radius 2 is 1.89 bits per heavy atom. The molecule has 1 aliphatic heterocycles. The SMILES string of the molecule is CC[C@@H](N)c1ccc(OCCN2CCCC2)cc1. The molecule has 1 saturated heterocycles. The van der Waals surface area contributed by atoms with E-state index >= 15 is 0 Å². The molecule has 1 aromatic carbocycles. The predicted molar refractivity (Wildman–Crippen MR) is 74.8 cm³/mol. The first-order chi connectivity index (χ1) is 8.79. The molecule has 1 atom stereocenters. The van der Waals surface area contributed by atoms with Gasteiger partial charge in [-0.2, -0.15) is 0 Å². The van der Waals surface area contributed by atoms with Crippen LogP contribution in [0.4, 0.5) is 0 Å². The highest BCUT2D eigenvalue weighted by molar-refractivity contribution is 5.28. The van der Waals surface area contributed by atoms with Crippen molar-refractivity contribution < 1.29 is 4.74 Å². The van der Waals surface area contributed by atoms with Gasteiger partial charge in [0.05, 0.1) is 0 Å². The number of benzene rings is 1. The second-order valence-corrected chi connectivity index (χ2v) is 4.98. The maximum absolute atomic E-state index is 5.98. The van der Waals surface area contributed by atoms with E-state index in [1.807, 2.05) is 12.1 Å². The molecule has 0 spiro atoms. The van der Waals surface area contributed by atoms with Crippen LogP contribution in [0.3, 0.4) is 0 Å². The molecule has 1 fully saturated rings. The summed E-state index contributed by atoms with van der Waals surface area (Å²) in [7, 11) is 0. The highest BCUT2D eigenvalue weighted by Gasteiger charge is 2.10. The maximum atomic E-state index is 5.98. The minimum Gasteiger partial charge on any atom is -0.492 e. The summed E-state index contributed by atoms with van der Waals surface area (Å²) >= 11 is 0. The van der Waals surface area contributed by atoms with Crippen LogP contribution in [0.5, 0.6) is 5.75 Å². The summed E-state index contributed by atoms with van der Waals surface area (Å²) in [5.74, 6) is 0.946. The molecule has 1 heterocycles. The highest BCUT2D eigenvalue weighted by Crippen LogP contribution is 2.18. The second kappa shape index (κ2) is 6.76. The lowest BCUT2D eigenvalue weighted by molar-refractivity contribution is 0.237. The summed E-state index contributed by atoms with van der Waals surface area (Å²) in [6.45, 7) is 6.38. The van der Waals surface area contributed by atoms with Gasteiger partial charge in [-0.3, -0.25) is 4.90 Å². The van der Waals surface area contributed by atoms with Crippen LogP contribution >= 0.6 is 0 Å². The minimum absolute atomic E-state index is 0.142. The number of rotatable bonds is 6. The van der Waals surface area contributed by atoms with E-state index in [4.69, 9.17) is 10.5 Å². The number of hydrogen-bond acceptors (Lipinski definition) is 3. The Morgan fingerprint density at radius 1 is 1.22 bits per heavy atom. The molecule has 2 N–H and O–H groups in total. The Hall–Kier alpha value is -1.06. The van der Waals surface area contributed by atoms with Crippen LogP contribution in [0.2, 0.25) is 0 Å². The normalized spacial score (nSPS) is 17.9. The first kappa shape index (κ1) is 13.4. The van der Waals surface area contributed by atoms with E-state index in [1.54, 1.807) is 0 Å². The monoisotopic (exact) mass is 248 g/mol. The van der Waals surface area contributed by atoms with Gasteiger partial charge >= 0.3 is 0 Å². The summed E-state index contributed by atoms with van der Waals surface area (Å²) in [6.07, 6.45) is 3.64. The molecule has 100 valence electrons. The lowest BCUT2D eigenvalue weighted by atomic mass is 10.1. The van der Waals surface area contributed by atoms with E-state index in [0.29, 0.717) is 0 Å². The summed E-state index contributed by atoms with van der Waals surface area (Å²) in [6, 6.07) is 8.33. The Bertz CT molecular complexity index is 344. The Kier molecular flexibility index (Phi) is 5.02. The van der Waals surface area contributed by atoms with Gasteiger partial charge in [0.2, 0.25) is 0 Å². The molecule has 18 heavy (non-hydrogen) atoms. The molecule has 0 aliphatic carbocycles. The third-order valence-electron chi connectivity index (χ3n) is 3.62. The average molecular weight is 248 g/mol. The van der Waals surface area contributed by atoms with Crippen molar-refractivity contribution in [2.24, 2.45) is 5.73 Å². The van der Waals surface area contributed by atoms with E-state index < -0.39 is 0 Å². The van der Waals surface area contributed by atoms with Crippen molar-refractivity contribution in [3.8, 4) is 5.75 Å². The Morgan fingerprint density at radius 3 is 2.50 bits per heavy atom. The number of ether oxygens (including phenoxy) is 1. The van der Waals surface area contributed by atoms with Crippen LogP contribution in [-0.2, 0) is 0 Å². The van der Waals surface area contributed by atoms with Crippen LogP contribution in [0.25, 0.3) is 0 Å². The van der Waals surface area contributed by atoms with Gasteiger partial charge < -0.3 is 10.5 Å². The molecule has 1 aromatic rings. The van der Waals surface area contributed by atoms with Crippen molar-refractivity contribution in [3.05, 3.63) is 29.8 Å². The first-order valence-corrected chi connectivity index (χ1v) is 7.00. The van der Waals surface area contributed by atoms with Gasteiger partial charge in [0.25, 0.3) is 0 Å². The predicted octanol–water partition coefficient (Wildman–Crippen LogP) is 2.57. The standard InChI is InChI=1S/C15H24N2O/c1-2-15(16)13-5-7-14(8-6-13)18-12-11-17-9-3-4-10-17/h5-8,15H,2-4,9-12,16H2,1H3/t15-/m1/s1. The largest absolute Gasteiger partial charge is 0.492 e. The molecule has 0 bridgehead atoms. The van der Waals surface area contributed by atoms with Crippen molar-refractivity contribution in [1.82, 2.24) is 4.90 Å². The quantitative estimate of drug-likeness (QED) is 0.841. The van der Waals surface area contributed by atoms with Crippen LogP contribution in [-0.4, -0.2) is 31.1 Å². The summed E-state index contributed by atoms with van der Waals surface area (Å²) in [5, 5.41) is 0. The van der Waals surface area contributed by atoms with E-state index in [-0.39, 0.29) is 6.04 Å². The van der Waals surface area contributed by atoms with Crippen molar-refractivity contribution in [2.75, 3.05) is 26.2 Å². The van der Waals surface area contributed by atoms with Gasteiger partial charge in [0.15, 0.2) is 0 Å². The molecule has 3 nitrogen and oxygen atoms in total. The smallest absolute Gasteiger partial charge is 0.119 e. The first-order valence-electron chi connectivity index (χ1n) is 7.00. The van der Waals surface area contributed by atoms with Gasteiger partial charge in [-0.15, -0.1) is 0 Å². The molecule has 3 heteroatoms. The fraction of sp³-hybridized carbons (Fsp3) is 0.600. The van der Waals surface area contributed by atoms with Gasteiger partial charge in [-0.25, -0.2) is 0 Å². The summed E-state index contributed by atoms with van der Waals surface area (Å²) < 4.78 is 5.75. The summed E-state index contributed by atoms with van der Waals surface area (Å²) in [4.78, 5) is 2.46. The van der Waals surface area contributed by atoms with Crippen LogP contribution < -0.4 is 10.5 Å². The number of nitrogens with two attached hydrogens (primary N) is 1. The molecule has 1 aliphatic rings. The zero-order valence-electron chi connectivity index (χ0n) is 11.3. The maximum Gasteiger partial charge on any atom is 0.119 e. The Labute approximate surface area is 110 Å². The minimum atomic E-state index is 0.142. The van der Waals surface area contributed by atoms with E-state index in [9.17, 15) is 0 Å². The zero-order chi connectivity index (χ0) is 12.8. The molecular weight excluding hydrogens is 224 g/mol. The molecule has 0 aromatic heterocycles. The molecule has 0 amide bonds. The molecule has 0 unspecified atom stereocenters. The van der Waals surface area contributed by atoms with Gasteiger partial charge in [-0.05, 0) is 50.0 Å². The third kappa shape index (κ3) is 3.72. The molecular formula is C15H24N2O. The molecule has 0 saturated carbocycles. The summed E-state index contributed by atoms with van der Waals surface area (Å²) in [5.41, 5.74) is 7.16. The van der Waals surface area contributed by atoms with Crippen LogP contribution in [0, 0.1) is 0 Å². The van der Waals surface area contributed by atoms with Crippen molar-refractivity contribution >= 4 is 0 Å². The molecule has 0 radical (unpaired) electrons. The second-order valence-electron chi connectivity index (χ2n) is 4.98. The van der Waals surface area contributed by atoms with Crippen LogP contribution in [0.1, 0.15) is 37.8 Å². The highest BCUT2D eigenvalue weighted by atomic mass is 16.5. The number of hydrogen-bond donors (Lipinski definition) is 1. The lowest BCUT2D eigenvalue weighted by Crippen LogP contribution is -2.25. The zero-order valence-corrected chi connectivity index (χ0v) is 11.3. The van der Waals surface area contributed by atoms with Gasteiger partial charge in [0.1, 0.15) is 12.4 Å². The van der Waals surface area contributed by atoms with E-state index in [1.165, 1.54) is 31.5 Å². The lowest BCUT2D eigenvalue weighted by Gasteiger charge is -2.15.